The molecule has 1 aromatic carbocycles. The molecule has 0 unspecified atom stereocenters. The Labute approximate surface area is 179 Å². The molecule has 0 N–H and O–H groups in total. The number of fused-ring (bicyclic) bond motifs is 1. The first-order valence-corrected chi connectivity index (χ1v) is 11.2. The molecule has 1 saturated heterocycles. The van der Waals surface area contributed by atoms with Gasteiger partial charge in [0.05, 0.1) is 11.6 Å². The molecule has 0 spiro atoms. The van der Waals surface area contributed by atoms with Gasteiger partial charge in [-0.05, 0) is 54.8 Å². The van der Waals surface area contributed by atoms with Crippen LogP contribution in [0.2, 0.25) is 0 Å². The first kappa shape index (κ1) is 21.1. The van der Waals surface area contributed by atoms with Gasteiger partial charge >= 0.3 is 0 Å². The van der Waals surface area contributed by atoms with Crippen molar-refractivity contribution in [3.63, 3.8) is 0 Å². The maximum absolute atomic E-state index is 5.52. The second kappa shape index (κ2) is 8.89. The van der Waals surface area contributed by atoms with E-state index in [4.69, 9.17) is 9.47 Å². The molecule has 8 nitrogen and oxygen atoms in total. The van der Waals surface area contributed by atoms with E-state index >= 15 is 0 Å². The SMILES string of the molecule is CCC[C@@H](c1nnnn1C(C)(C)CC)N1CCN(Cc2ccc3c(c2)OCO3)CC1. The summed E-state index contributed by atoms with van der Waals surface area (Å²) in [6, 6.07) is 6.53. The topological polar surface area (TPSA) is 68.5 Å². The van der Waals surface area contributed by atoms with E-state index in [0.717, 1.165) is 69.3 Å². The molecule has 4 rings (SSSR count). The van der Waals surface area contributed by atoms with Crippen LogP contribution in [0.25, 0.3) is 0 Å². The molecule has 0 amide bonds. The molecule has 2 aliphatic heterocycles. The van der Waals surface area contributed by atoms with Crippen molar-refractivity contribution in [1.82, 2.24) is 30.0 Å². The van der Waals surface area contributed by atoms with Crippen molar-refractivity contribution in [2.24, 2.45) is 0 Å². The van der Waals surface area contributed by atoms with Crippen LogP contribution in [0.15, 0.2) is 18.2 Å². The summed E-state index contributed by atoms with van der Waals surface area (Å²) in [7, 11) is 0. The van der Waals surface area contributed by atoms with E-state index in [1.807, 2.05) is 10.7 Å². The average molecular weight is 415 g/mol. The zero-order valence-electron chi connectivity index (χ0n) is 18.7. The lowest BCUT2D eigenvalue weighted by Gasteiger charge is -2.39. The summed E-state index contributed by atoms with van der Waals surface area (Å²) in [5, 5.41) is 12.9. The van der Waals surface area contributed by atoms with E-state index in [2.05, 4.69) is 65.2 Å². The Morgan fingerprint density at radius 2 is 1.83 bits per heavy atom. The summed E-state index contributed by atoms with van der Waals surface area (Å²) in [6.07, 6.45) is 3.18. The fourth-order valence-corrected chi connectivity index (χ4v) is 4.26. The Balaban J connectivity index is 1.41. The highest BCUT2D eigenvalue weighted by Crippen LogP contribution is 2.33. The standard InChI is InChI=1S/C22H34N6O2/c1-5-7-18(21-23-24-25-28(21)22(3,4)6-2)27-12-10-26(11-13-27)15-17-8-9-19-20(14-17)30-16-29-19/h8-9,14,18H,5-7,10-13,15-16H2,1-4H3/t18-/m0/s1. The van der Waals surface area contributed by atoms with Gasteiger partial charge in [-0.3, -0.25) is 9.80 Å². The fourth-order valence-electron chi connectivity index (χ4n) is 4.26. The maximum atomic E-state index is 5.52. The quantitative estimate of drug-likeness (QED) is 0.657. The Bertz CT molecular complexity index is 844. The summed E-state index contributed by atoms with van der Waals surface area (Å²) in [5.74, 6) is 2.71. The van der Waals surface area contributed by atoms with Gasteiger partial charge in [0.1, 0.15) is 0 Å². The summed E-state index contributed by atoms with van der Waals surface area (Å²) < 4.78 is 13.0. The van der Waals surface area contributed by atoms with Crippen LogP contribution in [0.1, 0.15) is 64.4 Å². The van der Waals surface area contributed by atoms with Crippen LogP contribution in [0.5, 0.6) is 11.5 Å². The molecule has 1 fully saturated rings. The van der Waals surface area contributed by atoms with Gasteiger partial charge in [-0.25, -0.2) is 4.68 Å². The van der Waals surface area contributed by atoms with Crippen LogP contribution in [0, 0.1) is 0 Å². The molecular formula is C22H34N6O2. The number of hydrogen-bond donors (Lipinski definition) is 0. The van der Waals surface area contributed by atoms with Crippen molar-refractivity contribution in [3.8, 4) is 11.5 Å². The highest BCUT2D eigenvalue weighted by atomic mass is 16.7. The number of benzene rings is 1. The third kappa shape index (κ3) is 4.30. The van der Waals surface area contributed by atoms with Gasteiger partial charge in [0, 0.05) is 32.7 Å². The van der Waals surface area contributed by atoms with Crippen LogP contribution in [-0.4, -0.2) is 63.0 Å². The van der Waals surface area contributed by atoms with E-state index in [1.54, 1.807) is 0 Å². The number of tetrazole rings is 1. The molecule has 164 valence electrons. The molecule has 2 aliphatic rings. The molecule has 2 aromatic rings. The van der Waals surface area contributed by atoms with Gasteiger partial charge in [-0.15, -0.1) is 5.10 Å². The maximum Gasteiger partial charge on any atom is 0.231 e. The van der Waals surface area contributed by atoms with Crippen molar-refractivity contribution >= 4 is 0 Å². The average Bonchev–Trinajstić information content (AvgIpc) is 3.42. The third-order valence-electron chi connectivity index (χ3n) is 6.48. The van der Waals surface area contributed by atoms with Crippen LogP contribution < -0.4 is 9.47 Å². The molecule has 0 saturated carbocycles. The summed E-state index contributed by atoms with van der Waals surface area (Å²) in [6.45, 7) is 14.2. The van der Waals surface area contributed by atoms with Crippen LogP contribution in [0.3, 0.4) is 0 Å². The molecule has 0 bridgehead atoms. The van der Waals surface area contributed by atoms with Crippen molar-refractivity contribution < 1.29 is 9.47 Å². The van der Waals surface area contributed by atoms with Gasteiger partial charge in [0.25, 0.3) is 0 Å². The van der Waals surface area contributed by atoms with Crippen LogP contribution in [0.4, 0.5) is 0 Å². The van der Waals surface area contributed by atoms with E-state index < -0.39 is 0 Å². The van der Waals surface area contributed by atoms with Crippen LogP contribution >= 0.6 is 0 Å². The number of ether oxygens (including phenoxy) is 2. The van der Waals surface area contributed by atoms with Gasteiger partial charge < -0.3 is 9.47 Å². The Morgan fingerprint density at radius 3 is 2.57 bits per heavy atom. The van der Waals surface area contributed by atoms with E-state index in [1.165, 1.54) is 5.56 Å². The zero-order chi connectivity index (χ0) is 21.1. The summed E-state index contributed by atoms with van der Waals surface area (Å²) >= 11 is 0. The minimum atomic E-state index is -0.0774. The van der Waals surface area contributed by atoms with Gasteiger partial charge in [0.2, 0.25) is 6.79 Å². The lowest BCUT2D eigenvalue weighted by Crippen LogP contribution is -2.48. The minimum absolute atomic E-state index is 0.0774. The summed E-state index contributed by atoms with van der Waals surface area (Å²) in [5.41, 5.74) is 1.19. The second-order valence-corrected chi connectivity index (χ2v) is 8.92. The fraction of sp³-hybridized carbons (Fsp3) is 0.682. The predicted molar refractivity (Wildman–Crippen MR) is 114 cm³/mol. The monoisotopic (exact) mass is 414 g/mol. The van der Waals surface area contributed by atoms with Crippen molar-refractivity contribution in [1.29, 1.82) is 0 Å². The first-order valence-electron chi connectivity index (χ1n) is 11.2. The van der Waals surface area contributed by atoms with Crippen LogP contribution in [-0.2, 0) is 12.1 Å². The first-order chi connectivity index (χ1) is 14.5. The largest absolute Gasteiger partial charge is 0.454 e. The molecular weight excluding hydrogens is 380 g/mol. The molecule has 0 aliphatic carbocycles. The van der Waals surface area contributed by atoms with Crippen molar-refractivity contribution in [2.45, 2.75) is 65.1 Å². The lowest BCUT2D eigenvalue weighted by molar-refractivity contribution is 0.0788. The number of piperazine rings is 1. The Kier molecular flexibility index (Phi) is 6.24. The number of aromatic nitrogens is 4. The van der Waals surface area contributed by atoms with Gasteiger partial charge in [-0.2, -0.15) is 0 Å². The van der Waals surface area contributed by atoms with Gasteiger partial charge in [-0.1, -0.05) is 26.3 Å². The number of rotatable bonds is 8. The smallest absolute Gasteiger partial charge is 0.231 e. The zero-order valence-corrected chi connectivity index (χ0v) is 18.7. The molecule has 1 aromatic heterocycles. The highest BCUT2D eigenvalue weighted by molar-refractivity contribution is 5.44. The molecule has 1 atom stereocenters. The highest BCUT2D eigenvalue weighted by Gasteiger charge is 2.32. The van der Waals surface area contributed by atoms with Crippen molar-refractivity contribution in [3.05, 3.63) is 29.6 Å². The lowest BCUT2D eigenvalue weighted by atomic mass is 10.0. The summed E-state index contributed by atoms with van der Waals surface area (Å²) in [4.78, 5) is 5.07. The third-order valence-corrected chi connectivity index (χ3v) is 6.48. The van der Waals surface area contributed by atoms with E-state index in [9.17, 15) is 0 Å². The predicted octanol–water partition coefficient (Wildman–Crippen LogP) is 3.21. The Hall–Kier alpha value is -2.19. The molecule has 8 heteroatoms. The molecule has 0 radical (unpaired) electrons. The molecule has 3 heterocycles. The van der Waals surface area contributed by atoms with Crippen molar-refractivity contribution in [2.75, 3.05) is 33.0 Å². The molecule has 30 heavy (non-hydrogen) atoms. The van der Waals surface area contributed by atoms with E-state index in [-0.39, 0.29) is 11.6 Å². The normalized spacial score (nSPS) is 18.7. The Morgan fingerprint density at radius 1 is 1.07 bits per heavy atom. The minimum Gasteiger partial charge on any atom is -0.454 e. The van der Waals surface area contributed by atoms with E-state index in [0.29, 0.717) is 6.79 Å². The number of nitrogens with zero attached hydrogens (tertiary/aromatic N) is 6. The number of hydrogen-bond acceptors (Lipinski definition) is 7. The van der Waals surface area contributed by atoms with Gasteiger partial charge in [0.15, 0.2) is 17.3 Å². The second-order valence-electron chi connectivity index (χ2n) is 8.92.